The van der Waals surface area contributed by atoms with Crippen LogP contribution in [0.2, 0.25) is 5.02 Å². The number of hydrogen-bond acceptors (Lipinski definition) is 1. The number of aromatic amines is 1. The Morgan fingerprint density at radius 2 is 2.05 bits per heavy atom. The molecule has 2 aromatic carbocycles. The lowest BCUT2D eigenvalue weighted by Gasteiger charge is -2.03. The number of hydrogen-bond donors (Lipinski definition) is 1. The Morgan fingerprint density at radius 1 is 1.25 bits per heavy atom. The van der Waals surface area contributed by atoms with E-state index in [1.54, 1.807) is 18.3 Å². The first-order chi connectivity index (χ1) is 9.58. The van der Waals surface area contributed by atoms with Crippen molar-refractivity contribution in [2.45, 2.75) is 0 Å². The predicted molar refractivity (Wildman–Crippen MR) is 93.6 cm³/mol. The molecule has 0 aliphatic heterocycles. The van der Waals surface area contributed by atoms with E-state index in [2.05, 4.69) is 43.5 Å². The third-order valence-corrected chi connectivity index (χ3v) is 5.31. The number of carbonyl (C=O) groups excluding carboxylic acids is 1. The number of carbonyl (C=O) groups is 1. The molecule has 3 rings (SSSR count). The largest absolute Gasteiger partial charge is 0.360 e. The van der Waals surface area contributed by atoms with E-state index in [1.165, 1.54) is 0 Å². The maximum Gasteiger partial charge on any atom is 0.195 e. The summed E-state index contributed by atoms with van der Waals surface area (Å²) in [5, 5.41) is 1.49. The van der Waals surface area contributed by atoms with Crippen molar-refractivity contribution in [2.75, 3.05) is 0 Å². The lowest BCUT2D eigenvalue weighted by molar-refractivity contribution is 0.104. The highest BCUT2D eigenvalue weighted by Gasteiger charge is 2.16. The van der Waals surface area contributed by atoms with Gasteiger partial charge in [-0.15, -0.1) is 0 Å². The summed E-state index contributed by atoms with van der Waals surface area (Å²) in [5.41, 5.74) is 2.16. The number of halogens is 3. The molecule has 0 unspecified atom stereocenters. The van der Waals surface area contributed by atoms with Crippen LogP contribution < -0.4 is 0 Å². The number of ketones is 1. The van der Waals surface area contributed by atoms with Gasteiger partial charge in [0.1, 0.15) is 0 Å². The maximum atomic E-state index is 12.6. The van der Waals surface area contributed by atoms with Crippen LogP contribution in [0, 0.1) is 3.57 Å². The molecular formula is C15H8BrClINO. The van der Waals surface area contributed by atoms with Crippen molar-refractivity contribution in [2.24, 2.45) is 0 Å². The molecule has 0 aliphatic carbocycles. The summed E-state index contributed by atoms with van der Waals surface area (Å²) in [4.78, 5) is 15.8. The van der Waals surface area contributed by atoms with Gasteiger partial charge in [-0.05, 0) is 52.9 Å². The van der Waals surface area contributed by atoms with Crippen LogP contribution in [0.4, 0.5) is 0 Å². The first-order valence-corrected chi connectivity index (χ1v) is 8.08. The van der Waals surface area contributed by atoms with E-state index in [0.29, 0.717) is 16.1 Å². The quantitative estimate of drug-likeness (QED) is 0.402. The van der Waals surface area contributed by atoms with E-state index in [9.17, 15) is 4.79 Å². The van der Waals surface area contributed by atoms with Gasteiger partial charge in [-0.25, -0.2) is 0 Å². The Bertz CT molecular complexity index is 828. The average molecular weight is 460 g/mol. The molecule has 0 saturated carbocycles. The molecule has 1 heterocycles. The van der Waals surface area contributed by atoms with Crippen molar-refractivity contribution in [3.05, 3.63) is 66.8 Å². The van der Waals surface area contributed by atoms with Crippen molar-refractivity contribution in [3.8, 4) is 0 Å². The fourth-order valence-electron chi connectivity index (χ4n) is 2.11. The zero-order chi connectivity index (χ0) is 14.3. The highest BCUT2D eigenvalue weighted by atomic mass is 127. The highest BCUT2D eigenvalue weighted by Crippen LogP contribution is 2.29. The number of nitrogens with one attached hydrogen (secondary N) is 1. The number of aromatic nitrogens is 1. The van der Waals surface area contributed by atoms with Crippen molar-refractivity contribution in [1.82, 2.24) is 4.98 Å². The van der Waals surface area contributed by atoms with Gasteiger partial charge in [0.15, 0.2) is 5.78 Å². The third kappa shape index (κ3) is 2.40. The zero-order valence-electron chi connectivity index (χ0n) is 10.1. The maximum absolute atomic E-state index is 12.6. The number of rotatable bonds is 2. The van der Waals surface area contributed by atoms with E-state index in [4.69, 9.17) is 11.6 Å². The third-order valence-electron chi connectivity index (χ3n) is 3.08. The first kappa shape index (κ1) is 14.1. The van der Waals surface area contributed by atoms with Crippen molar-refractivity contribution in [1.29, 1.82) is 0 Å². The Hall–Kier alpha value is -0.850. The minimum Gasteiger partial charge on any atom is -0.360 e. The number of benzene rings is 2. The van der Waals surface area contributed by atoms with Gasteiger partial charge >= 0.3 is 0 Å². The molecule has 0 amide bonds. The zero-order valence-corrected chi connectivity index (χ0v) is 14.6. The highest BCUT2D eigenvalue weighted by molar-refractivity contribution is 14.1. The molecule has 2 nitrogen and oxygen atoms in total. The first-order valence-electron chi connectivity index (χ1n) is 5.83. The van der Waals surface area contributed by atoms with E-state index in [0.717, 1.165) is 18.9 Å². The van der Waals surface area contributed by atoms with Crippen molar-refractivity contribution in [3.63, 3.8) is 0 Å². The van der Waals surface area contributed by atoms with Gasteiger partial charge in [-0.2, -0.15) is 0 Å². The minimum atomic E-state index is -0.0403. The van der Waals surface area contributed by atoms with E-state index < -0.39 is 0 Å². The fraction of sp³-hybridized carbons (Fsp3) is 0. The molecule has 0 radical (unpaired) electrons. The van der Waals surface area contributed by atoms with E-state index in [1.807, 2.05) is 24.3 Å². The smallest absolute Gasteiger partial charge is 0.195 e. The summed E-state index contributed by atoms with van der Waals surface area (Å²) in [6.07, 6.45) is 1.74. The van der Waals surface area contributed by atoms with Gasteiger partial charge in [0.25, 0.3) is 0 Å². The van der Waals surface area contributed by atoms with Crippen LogP contribution in [0.1, 0.15) is 15.9 Å². The van der Waals surface area contributed by atoms with Gasteiger partial charge in [-0.1, -0.05) is 33.6 Å². The SMILES string of the molecule is O=C(c1ccc(I)c(Cl)c1)c1c[nH]c2cccc(Br)c12. The molecule has 0 spiro atoms. The van der Waals surface area contributed by atoms with Gasteiger partial charge in [0.05, 0.1) is 5.02 Å². The molecule has 1 aromatic heterocycles. The summed E-state index contributed by atoms with van der Waals surface area (Å²) in [6.45, 7) is 0. The van der Waals surface area contributed by atoms with E-state index in [-0.39, 0.29) is 5.78 Å². The molecule has 0 fully saturated rings. The van der Waals surface area contributed by atoms with Crippen LogP contribution in [0.3, 0.4) is 0 Å². The van der Waals surface area contributed by atoms with E-state index >= 15 is 0 Å². The monoisotopic (exact) mass is 459 g/mol. The molecule has 5 heteroatoms. The summed E-state index contributed by atoms with van der Waals surface area (Å²) < 4.78 is 1.83. The molecule has 20 heavy (non-hydrogen) atoms. The van der Waals surface area contributed by atoms with Crippen LogP contribution >= 0.6 is 50.1 Å². The van der Waals surface area contributed by atoms with Crippen LogP contribution in [-0.4, -0.2) is 10.8 Å². The van der Waals surface area contributed by atoms with Gasteiger partial charge in [0.2, 0.25) is 0 Å². The van der Waals surface area contributed by atoms with Crippen LogP contribution in [0.25, 0.3) is 10.9 Å². The molecule has 0 bridgehead atoms. The molecule has 0 aliphatic rings. The van der Waals surface area contributed by atoms with Crippen molar-refractivity contribution < 1.29 is 4.79 Å². The summed E-state index contributed by atoms with van der Waals surface area (Å²) in [6, 6.07) is 11.2. The van der Waals surface area contributed by atoms with Crippen LogP contribution in [-0.2, 0) is 0 Å². The number of H-pyrrole nitrogens is 1. The molecule has 100 valence electrons. The normalized spacial score (nSPS) is 10.9. The second-order valence-electron chi connectivity index (χ2n) is 4.32. The fourth-order valence-corrected chi connectivity index (χ4v) is 3.21. The number of fused-ring (bicyclic) bond motifs is 1. The van der Waals surface area contributed by atoms with Gasteiger partial charge in [-0.3, -0.25) is 4.79 Å². The molecule has 0 saturated heterocycles. The lowest BCUT2D eigenvalue weighted by atomic mass is 10.0. The second kappa shape index (κ2) is 5.50. The molecular weight excluding hydrogens is 452 g/mol. The Balaban J connectivity index is 2.15. The van der Waals surface area contributed by atoms with Gasteiger partial charge in [0, 0.05) is 36.3 Å². The molecule has 1 N–H and O–H groups in total. The molecule has 3 aromatic rings. The average Bonchev–Trinajstić information content (AvgIpc) is 2.86. The topological polar surface area (TPSA) is 32.9 Å². The summed E-state index contributed by atoms with van der Waals surface area (Å²) in [5.74, 6) is -0.0403. The Morgan fingerprint density at radius 3 is 2.80 bits per heavy atom. The van der Waals surface area contributed by atoms with Gasteiger partial charge < -0.3 is 4.98 Å². The standard InChI is InChI=1S/C15H8BrClINO/c16-10-2-1-3-13-14(10)9(7-19-13)15(20)8-4-5-12(18)11(17)6-8/h1-7,19H. The summed E-state index contributed by atoms with van der Waals surface area (Å²) >= 11 is 11.7. The van der Waals surface area contributed by atoms with Crippen LogP contribution in [0.15, 0.2) is 47.1 Å². The van der Waals surface area contributed by atoms with Crippen molar-refractivity contribution >= 4 is 66.8 Å². The minimum absolute atomic E-state index is 0.0403. The molecule has 0 atom stereocenters. The lowest BCUT2D eigenvalue weighted by Crippen LogP contribution is -2.00. The van der Waals surface area contributed by atoms with Crippen LogP contribution in [0.5, 0.6) is 0 Å². The second-order valence-corrected chi connectivity index (χ2v) is 6.75. The summed E-state index contributed by atoms with van der Waals surface area (Å²) in [7, 11) is 0. The predicted octanol–water partition coefficient (Wildman–Crippen LogP) is 5.42. The Kier molecular flexibility index (Phi) is 3.88. The Labute approximate surface area is 142 Å².